The van der Waals surface area contributed by atoms with E-state index in [1.807, 2.05) is 50.3 Å². The predicted molar refractivity (Wildman–Crippen MR) is 86.2 cm³/mol. The van der Waals surface area contributed by atoms with Gasteiger partial charge in [0.05, 0.1) is 0 Å². The van der Waals surface area contributed by atoms with Gasteiger partial charge in [-0.05, 0) is 69.0 Å². The highest BCUT2D eigenvalue weighted by atomic mass is 16.3. The Kier molecular flexibility index (Phi) is 3.88. The summed E-state index contributed by atoms with van der Waals surface area (Å²) in [5.74, 6) is 3.71. The van der Waals surface area contributed by atoms with Gasteiger partial charge in [0.25, 0.3) is 0 Å². The van der Waals surface area contributed by atoms with Crippen LogP contribution in [0.2, 0.25) is 0 Å². The molecule has 0 aliphatic heterocycles. The Bertz CT molecular complexity index is 693. The smallest absolute Gasteiger partial charge is 0.185 e. The second kappa shape index (κ2) is 5.84. The summed E-state index contributed by atoms with van der Waals surface area (Å²) >= 11 is 0. The summed E-state index contributed by atoms with van der Waals surface area (Å²) in [6, 6.07) is 7.61. The summed E-state index contributed by atoms with van der Waals surface area (Å²) < 4.78 is 11.1. The van der Waals surface area contributed by atoms with Crippen molar-refractivity contribution < 1.29 is 13.6 Å². The number of hydrogen-bond acceptors (Lipinski definition) is 3. The highest BCUT2D eigenvalue weighted by molar-refractivity contribution is 6.13. The van der Waals surface area contributed by atoms with Crippen molar-refractivity contribution in [1.29, 1.82) is 0 Å². The average molecular weight is 296 g/mol. The molecule has 0 saturated heterocycles. The first-order valence-electron chi connectivity index (χ1n) is 7.60. The number of furan rings is 2. The summed E-state index contributed by atoms with van der Waals surface area (Å²) in [6.45, 7) is 5.96. The maximum atomic E-state index is 12.7. The van der Waals surface area contributed by atoms with Crippen molar-refractivity contribution in [3.8, 4) is 0 Å². The third-order valence-corrected chi connectivity index (χ3v) is 3.88. The van der Waals surface area contributed by atoms with Crippen molar-refractivity contribution in [3.63, 3.8) is 0 Å². The van der Waals surface area contributed by atoms with E-state index in [4.69, 9.17) is 8.83 Å². The fourth-order valence-electron chi connectivity index (χ4n) is 2.87. The number of Topliss-reactive ketones (excluding diaryl/α,β-unsaturated/α-hetero) is 1. The number of ketones is 1. The quantitative estimate of drug-likeness (QED) is 0.736. The van der Waals surface area contributed by atoms with Crippen LogP contribution >= 0.6 is 0 Å². The van der Waals surface area contributed by atoms with Crippen LogP contribution in [0, 0.1) is 19.8 Å². The van der Waals surface area contributed by atoms with Crippen molar-refractivity contribution >= 4 is 17.9 Å². The number of carbonyl (C=O) groups is 1. The predicted octanol–water partition coefficient (Wildman–Crippen LogP) is 4.96. The molecule has 2 aromatic rings. The largest absolute Gasteiger partial charge is 0.462 e. The van der Waals surface area contributed by atoms with Gasteiger partial charge in [-0.25, -0.2) is 0 Å². The minimum Gasteiger partial charge on any atom is -0.462 e. The third-order valence-electron chi connectivity index (χ3n) is 3.88. The molecule has 3 nitrogen and oxygen atoms in total. The van der Waals surface area contributed by atoms with Crippen molar-refractivity contribution in [3.05, 3.63) is 58.5 Å². The molecule has 0 atom stereocenters. The molecule has 0 unspecified atom stereocenters. The zero-order chi connectivity index (χ0) is 15.7. The molecule has 22 heavy (non-hydrogen) atoms. The second-order valence-electron chi connectivity index (χ2n) is 6.08. The lowest BCUT2D eigenvalue weighted by Crippen LogP contribution is -2.18. The van der Waals surface area contributed by atoms with Crippen LogP contribution in [0.4, 0.5) is 0 Å². The van der Waals surface area contributed by atoms with Gasteiger partial charge in [-0.15, -0.1) is 0 Å². The zero-order valence-electron chi connectivity index (χ0n) is 13.2. The lowest BCUT2D eigenvalue weighted by Gasteiger charge is -2.22. The van der Waals surface area contributed by atoms with Crippen molar-refractivity contribution in [1.82, 2.24) is 0 Å². The van der Waals surface area contributed by atoms with Crippen LogP contribution in [0.3, 0.4) is 0 Å². The Morgan fingerprint density at radius 3 is 1.73 bits per heavy atom. The van der Waals surface area contributed by atoms with E-state index in [2.05, 4.69) is 6.92 Å². The Labute approximate surface area is 130 Å². The molecule has 3 heteroatoms. The monoisotopic (exact) mass is 296 g/mol. The van der Waals surface area contributed by atoms with E-state index in [1.54, 1.807) is 0 Å². The summed E-state index contributed by atoms with van der Waals surface area (Å²) in [5.41, 5.74) is 1.62. The molecule has 0 radical (unpaired) electrons. The minimum absolute atomic E-state index is 0.0983. The lowest BCUT2D eigenvalue weighted by molar-refractivity contribution is -0.113. The Morgan fingerprint density at radius 1 is 0.909 bits per heavy atom. The zero-order valence-corrected chi connectivity index (χ0v) is 13.2. The van der Waals surface area contributed by atoms with Crippen LogP contribution in [-0.4, -0.2) is 5.78 Å². The number of hydrogen-bond donors (Lipinski definition) is 0. The van der Waals surface area contributed by atoms with Gasteiger partial charge in [0.2, 0.25) is 0 Å². The molecule has 1 fully saturated rings. The summed E-state index contributed by atoms with van der Waals surface area (Å²) in [7, 11) is 0. The molecule has 3 rings (SSSR count). The van der Waals surface area contributed by atoms with Gasteiger partial charge in [0, 0.05) is 11.1 Å². The van der Waals surface area contributed by atoms with Crippen LogP contribution in [0.1, 0.15) is 42.8 Å². The molecule has 114 valence electrons. The highest BCUT2D eigenvalue weighted by Crippen LogP contribution is 2.32. The van der Waals surface area contributed by atoms with Crippen molar-refractivity contribution in [2.75, 3.05) is 0 Å². The van der Waals surface area contributed by atoms with Gasteiger partial charge in [-0.2, -0.15) is 0 Å². The van der Waals surface area contributed by atoms with Gasteiger partial charge in [0.1, 0.15) is 23.0 Å². The first-order chi connectivity index (χ1) is 10.5. The SMILES string of the molecule is Cc1ccc(/C=C2\CC(C)C/C(=C\c3ccc(C)o3)C2=O)o1. The number of rotatable bonds is 2. The van der Waals surface area contributed by atoms with E-state index in [0.717, 1.165) is 47.0 Å². The van der Waals surface area contributed by atoms with E-state index in [0.29, 0.717) is 5.92 Å². The number of allylic oxidation sites excluding steroid dienone is 2. The van der Waals surface area contributed by atoms with Gasteiger partial charge >= 0.3 is 0 Å². The summed E-state index contributed by atoms with van der Waals surface area (Å²) in [4.78, 5) is 12.7. The molecular formula is C19H20O3. The van der Waals surface area contributed by atoms with Crippen molar-refractivity contribution in [2.45, 2.75) is 33.6 Å². The van der Waals surface area contributed by atoms with Crippen LogP contribution in [0.15, 0.2) is 44.2 Å². The van der Waals surface area contributed by atoms with Crippen LogP contribution < -0.4 is 0 Å². The fourth-order valence-corrected chi connectivity index (χ4v) is 2.87. The summed E-state index contributed by atoms with van der Waals surface area (Å²) in [6.07, 6.45) is 5.30. The standard InChI is InChI=1S/C19H20O3/c1-12-8-15(10-17-6-4-13(2)21-17)19(20)16(9-12)11-18-7-5-14(3)22-18/h4-7,10-12H,8-9H2,1-3H3/b15-10+,16-11+. The Morgan fingerprint density at radius 2 is 1.36 bits per heavy atom. The van der Waals surface area contributed by atoms with Crippen LogP contribution in [0.25, 0.3) is 12.2 Å². The molecule has 1 aliphatic rings. The van der Waals surface area contributed by atoms with E-state index < -0.39 is 0 Å². The van der Waals surface area contributed by atoms with Crippen LogP contribution in [-0.2, 0) is 4.79 Å². The molecule has 2 aromatic heterocycles. The Balaban J connectivity index is 1.91. The minimum atomic E-state index is 0.0983. The fraction of sp³-hybridized carbons (Fsp3) is 0.316. The van der Waals surface area contributed by atoms with Crippen molar-refractivity contribution in [2.24, 2.45) is 5.92 Å². The van der Waals surface area contributed by atoms with Gasteiger partial charge in [0.15, 0.2) is 5.78 Å². The van der Waals surface area contributed by atoms with Crippen LogP contribution in [0.5, 0.6) is 0 Å². The molecule has 0 aromatic carbocycles. The number of carbonyl (C=O) groups excluding carboxylic acids is 1. The Hall–Kier alpha value is -2.29. The molecule has 0 bridgehead atoms. The molecule has 1 saturated carbocycles. The lowest BCUT2D eigenvalue weighted by atomic mass is 9.81. The van der Waals surface area contributed by atoms with Gasteiger partial charge < -0.3 is 8.83 Å². The molecule has 0 amide bonds. The third kappa shape index (κ3) is 3.14. The van der Waals surface area contributed by atoms with E-state index in [1.165, 1.54) is 0 Å². The second-order valence-corrected chi connectivity index (χ2v) is 6.08. The molecular weight excluding hydrogens is 276 g/mol. The van der Waals surface area contributed by atoms with E-state index in [-0.39, 0.29) is 5.78 Å². The first kappa shape index (κ1) is 14.6. The van der Waals surface area contributed by atoms with Gasteiger partial charge in [-0.3, -0.25) is 4.79 Å². The number of aryl methyl sites for hydroxylation is 2. The average Bonchev–Trinajstić information content (AvgIpc) is 3.04. The first-order valence-corrected chi connectivity index (χ1v) is 7.60. The molecule has 0 N–H and O–H groups in total. The van der Waals surface area contributed by atoms with E-state index in [9.17, 15) is 4.79 Å². The summed E-state index contributed by atoms with van der Waals surface area (Å²) in [5, 5.41) is 0. The normalized spacial score (nSPS) is 22.7. The topological polar surface area (TPSA) is 43.4 Å². The molecule has 1 aliphatic carbocycles. The van der Waals surface area contributed by atoms with Gasteiger partial charge in [-0.1, -0.05) is 6.92 Å². The highest BCUT2D eigenvalue weighted by Gasteiger charge is 2.25. The maximum absolute atomic E-state index is 12.7. The van der Waals surface area contributed by atoms with E-state index >= 15 is 0 Å². The molecule has 2 heterocycles. The maximum Gasteiger partial charge on any atom is 0.185 e. The molecule has 0 spiro atoms.